The second-order valence-corrected chi connectivity index (χ2v) is 9.94. The van der Waals surface area contributed by atoms with Gasteiger partial charge in [-0.25, -0.2) is 0 Å². The Hall–Kier alpha value is -3.31. The highest BCUT2D eigenvalue weighted by molar-refractivity contribution is 5.82. The average Bonchev–Trinajstić information content (AvgIpc) is 2.96. The number of aliphatic hydroxyl groups excluding tert-OH is 6. The highest BCUT2D eigenvalue weighted by Crippen LogP contribution is 2.37. The molecule has 2 fully saturated rings. The number of fused-ring (bicyclic) bond motifs is 1. The molecule has 5 rings (SSSR count). The number of phenolic OH excluding ortho intramolecular Hbond substituents is 2. The van der Waals surface area contributed by atoms with Crippen molar-refractivity contribution in [3.63, 3.8) is 0 Å². The fraction of sp³-hybridized carbons (Fsp3) is 0.444. The molecule has 2 aliphatic rings. The summed E-state index contributed by atoms with van der Waals surface area (Å²) in [6.07, 6.45) is -15.4. The zero-order valence-corrected chi connectivity index (χ0v) is 21.5. The van der Waals surface area contributed by atoms with Crippen molar-refractivity contribution >= 4 is 11.0 Å². The first-order valence-electron chi connectivity index (χ1n) is 12.7. The van der Waals surface area contributed by atoms with Crippen molar-refractivity contribution in [3.05, 3.63) is 52.7 Å². The van der Waals surface area contributed by atoms with Crippen LogP contribution in [0.15, 0.2) is 51.7 Å². The van der Waals surface area contributed by atoms with E-state index in [1.807, 2.05) is 0 Å². The average molecular weight is 579 g/mol. The summed E-state index contributed by atoms with van der Waals surface area (Å²) in [5, 5.41) is 81.6. The Kier molecular flexibility index (Phi) is 8.20. The second kappa shape index (κ2) is 11.5. The number of hydrogen-bond acceptors (Lipinski definition) is 14. The molecule has 0 bridgehead atoms. The molecular formula is C27H30O14. The molecule has 2 aromatic carbocycles. The molecule has 3 aromatic rings. The van der Waals surface area contributed by atoms with Crippen molar-refractivity contribution in [3.8, 4) is 28.6 Å². The first kappa shape index (κ1) is 29.2. The molecule has 222 valence electrons. The number of hydrogen-bond donors (Lipinski definition) is 8. The van der Waals surface area contributed by atoms with Gasteiger partial charge in [-0.1, -0.05) is 12.1 Å². The van der Waals surface area contributed by atoms with E-state index in [2.05, 4.69) is 0 Å². The minimum absolute atomic E-state index is 0.110. The quantitative estimate of drug-likeness (QED) is 0.162. The SMILES string of the molecule is C[C@@H]1O[C@@H](OC[C@H]2O[C@@H](Oc3c(-c4ccc(O)c(O)c4)oc4ccccc4c3=O)[C@H](O)[C@@H](O)[C@@H]2O)[C@H](O)[C@H](O)[C@H]1O. The third-order valence-electron chi connectivity index (χ3n) is 7.13. The van der Waals surface area contributed by atoms with Crippen molar-refractivity contribution in [2.75, 3.05) is 6.61 Å². The molecule has 3 heterocycles. The largest absolute Gasteiger partial charge is 0.504 e. The standard InChI is InChI=1S/C27H30O14/c1-10-17(30)20(33)22(35)26(38-10)37-9-16-19(32)21(34)23(36)27(40-16)41-25-18(31)12-4-2-3-5-15(12)39-24(25)11-6-7-13(28)14(29)8-11/h2-8,10,16-17,19-23,26-30,32-36H,9H2,1H3/t10-,16+,17-,19+,20+,21-,22+,23+,26+,27-/m0/s1. The number of aliphatic hydroxyl groups is 6. The highest BCUT2D eigenvalue weighted by atomic mass is 16.7. The Morgan fingerprint density at radius 3 is 2.20 bits per heavy atom. The summed E-state index contributed by atoms with van der Waals surface area (Å²) >= 11 is 0. The summed E-state index contributed by atoms with van der Waals surface area (Å²) in [5.41, 5.74) is -0.382. The third kappa shape index (κ3) is 5.49. The van der Waals surface area contributed by atoms with E-state index in [0.29, 0.717) is 0 Å². The smallest absolute Gasteiger partial charge is 0.235 e. The van der Waals surface area contributed by atoms with Gasteiger partial charge < -0.3 is 64.2 Å². The minimum atomic E-state index is -1.86. The van der Waals surface area contributed by atoms with Gasteiger partial charge in [0.25, 0.3) is 0 Å². The molecular weight excluding hydrogens is 548 g/mol. The van der Waals surface area contributed by atoms with E-state index in [1.165, 1.54) is 31.2 Å². The molecule has 10 atom stereocenters. The number of para-hydroxylation sites is 1. The molecule has 0 radical (unpaired) electrons. The summed E-state index contributed by atoms with van der Waals surface area (Å²) < 4.78 is 28.2. The Balaban J connectivity index is 1.44. The molecule has 2 aliphatic heterocycles. The number of rotatable bonds is 6. The topological polar surface area (TPSA) is 229 Å². The lowest BCUT2D eigenvalue weighted by atomic mass is 9.98. The van der Waals surface area contributed by atoms with Gasteiger partial charge in [0.2, 0.25) is 17.5 Å². The van der Waals surface area contributed by atoms with Crippen LogP contribution in [0.2, 0.25) is 0 Å². The number of phenols is 2. The Morgan fingerprint density at radius 1 is 0.780 bits per heavy atom. The van der Waals surface area contributed by atoms with Crippen molar-refractivity contribution < 1.29 is 64.2 Å². The molecule has 14 heteroatoms. The Bertz CT molecular complexity index is 1440. The van der Waals surface area contributed by atoms with Gasteiger partial charge in [-0.15, -0.1) is 0 Å². The maximum Gasteiger partial charge on any atom is 0.235 e. The molecule has 0 aliphatic carbocycles. The van der Waals surface area contributed by atoms with Gasteiger partial charge in [-0.3, -0.25) is 4.79 Å². The third-order valence-corrected chi connectivity index (χ3v) is 7.13. The lowest BCUT2D eigenvalue weighted by molar-refractivity contribution is -0.318. The van der Waals surface area contributed by atoms with Crippen molar-refractivity contribution in [1.29, 1.82) is 0 Å². The number of aromatic hydroxyl groups is 2. The molecule has 2 saturated heterocycles. The van der Waals surface area contributed by atoms with Gasteiger partial charge in [0, 0.05) is 5.56 Å². The fourth-order valence-corrected chi connectivity index (χ4v) is 4.70. The van der Waals surface area contributed by atoms with Crippen LogP contribution in [0.1, 0.15) is 6.92 Å². The number of benzene rings is 2. The van der Waals surface area contributed by atoms with Gasteiger partial charge in [0.1, 0.15) is 48.3 Å². The fourth-order valence-electron chi connectivity index (χ4n) is 4.70. The lowest BCUT2D eigenvalue weighted by Gasteiger charge is -2.42. The van der Waals surface area contributed by atoms with Crippen molar-refractivity contribution in [2.45, 2.75) is 68.3 Å². The molecule has 0 amide bonds. The summed E-state index contributed by atoms with van der Waals surface area (Å²) in [6.45, 7) is 0.916. The van der Waals surface area contributed by atoms with E-state index < -0.39 is 90.7 Å². The van der Waals surface area contributed by atoms with Gasteiger partial charge in [-0.05, 0) is 37.3 Å². The van der Waals surface area contributed by atoms with E-state index in [9.17, 15) is 45.6 Å². The molecule has 1 aromatic heterocycles. The molecule has 8 N–H and O–H groups in total. The summed E-state index contributed by atoms with van der Waals surface area (Å²) in [6, 6.07) is 9.88. The molecule has 0 spiro atoms. The first-order chi connectivity index (χ1) is 19.5. The highest BCUT2D eigenvalue weighted by Gasteiger charge is 2.47. The van der Waals surface area contributed by atoms with Crippen LogP contribution in [0.4, 0.5) is 0 Å². The predicted molar refractivity (Wildman–Crippen MR) is 137 cm³/mol. The van der Waals surface area contributed by atoms with Gasteiger partial charge in [0.15, 0.2) is 23.5 Å². The normalized spacial score (nSPS) is 34.0. The zero-order chi connectivity index (χ0) is 29.6. The first-order valence-corrected chi connectivity index (χ1v) is 12.7. The van der Waals surface area contributed by atoms with Crippen molar-refractivity contribution in [1.82, 2.24) is 0 Å². The van der Waals surface area contributed by atoms with Crippen LogP contribution in [0.3, 0.4) is 0 Å². The van der Waals surface area contributed by atoms with E-state index in [0.717, 1.165) is 6.07 Å². The molecule has 14 nitrogen and oxygen atoms in total. The molecule has 0 saturated carbocycles. The lowest BCUT2D eigenvalue weighted by Crippen LogP contribution is -2.61. The maximum atomic E-state index is 13.5. The molecule has 41 heavy (non-hydrogen) atoms. The minimum Gasteiger partial charge on any atom is -0.504 e. The zero-order valence-electron chi connectivity index (χ0n) is 21.5. The van der Waals surface area contributed by atoms with E-state index in [4.69, 9.17) is 23.4 Å². The van der Waals surface area contributed by atoms with Gasteiger partial charge in [0.05, 0.1) is 18.1 Å². The summed E-state index contributed by atoms with van der Waals surface area (Å²) in [4.78, 5) is 13.5. The van der Waals surface area contributed by atoms with Crippen LogP contribution in [0, 0.1) is 0 Å². The predicted octanol–water partition coefficient (Wildman–Crippen LogP) is -1.10. The number of ether oxygens (including phenoxy) is 4. The Morgan fingerprint density at radius 2 is 1.46 bits per heavy atom. The van der Waals surface area contributed by atoms with Crippen LogP contribution in [0.25, 0.3) is 22.3 Å². The monoisotopic (exact) mass is 578 g/mol. The van der Waals surface area contributed by atoms with Gasteiger partial charge in [-0.2, -0.15) is 0 Å². The van der Waals surface area contributed by atoms with Crippen LogP contribution in [-0.4, -0.2) is 109 Å². The Labute approximate surface area is 231 Å². The van der Waals surface area contributed by atoms with Crippen LogP contribution >= 0.6 is 0 Å². The van der Waals surface area contributed by atoms with Gasteiger partial charge >= 0.3 is 0 Å². The van der Waals surface area contributed by atoms with Crippen LogP contribution in [0.5, 0.6) is 17.2 Å². The van der Waals surface area contributed by atoms with E-state index in [-0.39, 0.29) is 22.3 Å². The second-order valence-electron chi connectivity index (χ2n) is 9.94. The van der Waals surface area contributed by atoms with Crippen molar-refractivity contribution in [2.24, 2.45) is 0 Å². The molecule has 0 unspecified atom stereocenters. The van der Waals surface area contributed by atoms with Crippen LogP contribution < -0.4 is 10.2 Å². The summed E-state index contributed by atoms with van der Waals surface area (Å²) in [7, 11) is 0. The van der Waals surface area contributed by atoms with E-state index >= 15 is 0 Å². The summed E-state index contributed by atoms with van der Waals surface area (Å²) in [5.74, 6) is -1.58. The maximum absolute atomic E-state index is 13.5. The van der Waals surface area contributed by atoms with Crippen LogP contribution in [-0.2, 0) is 14.2 Å². The van der Waals surface area contributed by atoms with E-state index in [1.54, 1.807) is 12.1 Å².